The molecule has 0 N–H and O–H groups in total. The molecule has 0 amide bonds. The number of carbonyl (C=O) groups is 2. The van der Waals surface area contributed by atoms with Gasteiger partial charge in [0.25, 0.3) is 0 Å². The van der Waals surface area contributed by atoms with Gasteiger partial charge in [-0.2, -0.15) is 0 Å². The van der Waals surface area contributed by atoms with E-state index in [4.69, 9.17) is 9.47 Å². The van der Waals surface area contributed by atoms with E-state index >= 15 is 0 Å². The van der Waals surface area contributed by atoms with Gasteiger partial charge in [-0.3, -0.25) is 9.59 Å². The molecule has 0 unspecified atom stereocenters. The number of unbranched alkanes of at least 4 members (excludes halogenated alkanes) is 6. The Morgan fingerprint density at radius 2 is 1.14 bits per heavy atom. The molecule has 0 spiro atoms. The zero-order chi connectivity index (χ0) is 15.8. The van der Waals surface area contributed by atoms with Crippen molar-refractivity contribution < 1.29 is 19.1 Å². The summed E-state index contributed by atoms with van der Waals surface area (Å²) in [5.74, 6) is -0.244. The molecule has 0 aromatic carbocycles. The van der Waals surface area contributed by atoms with E-state index in [1.807, 2.05) is 6.92 Å². The van der Waals surface area contributed by atoms with Crippen LogP contribution in [0.25, 0.3) is 0 Å². The van der Waals surface area contributed by atoms with E-state index in [2.05, 4.69) is 6.92 Å². The Kier molecular flexibility index (Phi) is 14.6. The number of hydrogen-bond donors (Lipinski definition) is 0. The Morgan fingerprint density at radius 3 is 1.71 bits per heavy atom. The molecule has 0 heterocycles. The fourth-order valence-electron chi connectivity index (χ4n) is 1.97. The average molecular weight is 300 g/mol. The molecule has 0 saturated heterocycles. The number of ether oxygens (including phenoxy) is 2. The zero-order valence-electron chi connectivity index (χ0n) is 13.8. The highest BCUT2D eigenvalue weighted by atomic mass is 16.5. The van der Waals surface area contributed by atoms with Crippen LogP contribution in [0.2, 0.25) is 0 Å². The van der Waals surface area contributed by atoms with E-state index in [0.717, 1.165) is 32.1 Å². The molecule has 21 heavy (non-hydrogen) atoms. The van der Waals surface area contributed by atoms with E-state index in [1.165, 1.54) is 25.7 Å². The van der Waals surface area contributed by atoms with E-state index in [1.54, 1.807) is 0 Å². The molecule has 0 rings (SSSR count). The van der Waals surface area contributed by atoms with Crippen molar-refractivity contribution in [2.45, 2.75) is 84.5 Å². The first-order valence-corrected chi connectivity index (χ1v) is 8.52. The number of carbonyl (C=O) groups excluding carboxylic acids is 2. The van der Waals surface area contributed by atoms with Crippen LogP contribution in [-0.4, -0.2) is 25.2 Å². The minimum absolute atomic E-state index is 0.103. The van der Waals surface area contributed by atoms with Crippen molar-refractivity contribution in [1.29, 1.82) is 0 Å². The van der Waals surface area contributed by atoms with Crippen molar-refractivity contribution in [2.24, 2.45) is 0 Å². The third kappa shape index (κ3) is 15.2. The largest absolute Gasteiger partial charge is 0.466 e. The molecule has 4 nitrogen and oxygen atoms in total. The Labute approximate surface area is 129 Å². The molecular weight excluding hydrogens is 268 g/mol. The predicted octanol–water partition coefficient (Wildman–Crippen LogP) is 4.40. The molecular formula is C17H32O4. The first-order chi connectivity index (χ1) is 10.2. The van der Waals surface area contributed by atoms with Crippen molar-refractivity contribution >= 4 is 11.9 Å². The van der Waals surface area contributed by atoms with E-state index in [0.29, 0.717) is 26.1 Å². The van der Waals surface area contributed by atoms with Crippen LogP contribution in [-0.2, 0) is 19.1 Å². The molecule has 0 fully saturated rings. The molecule has 0 aliphatic carbocycles. The summed E-state index contributed by atoms with van der Waals surface area (Å²) in [5, 5.41) is 0. The van der Waals surface area contributed by atoms with Crippen molar-refractivity contribution in [1.82, 2.24) is 0 Å². The highest BCUT2D eigenvalue weighted by Gasteiger charge is 2.03. The molecule has 0 atom stereocenters. The Morgan fingerprint density at radius 1 is 0.619 bits per heavy atom. The molecule has 0 saturated carbocycles. The third-order valence-corrected chi connectivity index (χ3v) is 3.25. The summed E-state index contributed by atoms with van der Waals surface area (Å²) in [6, 6.07) is 0. The SMILES string of the molecule is CCCCCCCCC(=O)OCCCCOC(=O)CCC. The van der Waals surface area contributed by atoms with Gasteiger partial charge in [-0.25, -0.2) is 0 Å². The fraction of sp³-hybridized carbons (Fsp3) is 0.882. The van der Waals surface area contributed by atoms with Gasteiger partial charge in [-0.15, -0.1) is 0 Å². The summed E-state index contributed by atoms with van der Waals surface area (Å²) in [5.41, 5.74) is 0. The lowest BCUT2D eigenvalue weighted by Gasteiger charge is -2.06. The minimum atomic E-state index is -0.141. The van der Waals surface area contributed by atoms with Crippen LogP contribution >= 0.6 is 0 Å². The molecule has 0 bridgehead atoms. The Bertz CT molecular complexity index is 264. The van der Waals surface area contributed by atoms with Crippen molar-refractivity contribution in [3.05, 3.63) is 0 Å². The second-order valence-corrected chi connectivity index (χ2v) is 5.42. The Balaban J connectivity index is 3.24. The maximum Gasteiger partial charge on any atom is 0.305 e. The molecule has 0 aromatic rings. The summed E-state index contributed by atoms with van der Waals surface area (Å²) in [6.07, 6.45) is 10.4. The molecule has 4 heteroatoms. The van der Waals surface area contributed by atoms with Crippen LogP contribution in [0.4, 0.5) is 0 Å². The van der Waals surface area contributed by atoms with Gasteiger partial charge < -0.3 is 9.47 Å². The summed E-state index contributed by atoms with van der Waals surface area (Å²) in [6.45, 7) is 5.00. The van der Waals surface area contributed by atoms with E-state index in [-0.39, 0.29) is 11.9 Å². The first-order valence-electron chi connectivity index (χ1n) is 8.52. The lowest BCUT2D eigenvalue weighted by atomic mass is 10.1. The van der Waals surface area contributed by atoms with Gasteiger partial charge in [0.05, 0.1) is 13.2 Å². The fourth-order valence-corrected chi connectivity index (χ4v) is 1.97. The third-order valence-electron chi connectivity index (χ3n) is 3.25. The van der Waals surface area contributed by atoms with E-state index < -0.39 is 0 Å². The van der Waals surface area contributed by atoms with E-state index in [9.17, 15) is 9.59 Å². The van der Waals surface area contributed by atoms with Gasteiger partial charge in [-0.1, -0.05) is 46.0 Å². The quantitative estimate of drug-likeness (QED) is 0.352. The van der Waals surface area contributed by atoms with Crippen LogP contribution in [0.1, 0.15) is 84.5 Å². The highest BCUT2D eigenvalue weighted by Crippen LogP contribution is 2.07. The van der Waals surface area contributed by atoms with Gasteiger partial charge in [-0.05, 0) is 25.7 Å². The van der Waals surface area contributed by atoms with Crippen LogP contribution in [0, 0.1) is 0 Å². The van der Waals surface area contributed by atoms with Crippen molar-refractivity contribution in [3.8, 4) is 0 Å². The number of rotatable bonds is 14. The second-order valence-electron chi connectivity index (χ2n) is 5.42. The summed E-state index contributed by atoms with van der Waals surface area (Å²) >= 11 is 0. The van der Waals surface area contributed by atoms with Gasteiger partial charge in [0, 0.05) is 12.8 Å². The van der Waals surface area contributed by atoms with Crippen LogP contribution < -0.4 is 0 Å². The maximum absolute atomic E-state index is 11.5. The van der Waals surface area contributed by atoms with Gasteiger partial charge in [0.2, 0.25) is 0 Å². The summed E-state index contributed by atoms with van der Waals surface area (Å²) < 4.78 is 10.2. The van der Waals surface area contributed by atoms with Gasteiger partial charge in [0.1, 0.15) is 0 Å². The van der Waals surface area contributed by atoms with Crippen molar-refractivity contribution in [2.75, 3.05) is 13.2 Å². The Hall–Kier alpha value is -1.06. The number of hydrogen-bond acceptors (Lipinski definition) is 4. The first kappa shape index (κ1) is 19.9. The van der Waals surface area contributed by atoms with Crippen LogP contribution in [0.5, 0.6) is 0 Å². The van der Waals surface area contributed by atoms with Gasteiger partial charge >= 0.3 is 11.9 Å². The average Bonchev–Trinajstić information content (AvgIpc) is 2.46. The smallest absolute Gasteiger partial charge is 0.305 e. The van der Waals surface area contributed by atoms with Crippen molar-refractivity contribution in [3.63, 3.8) is 0 Å². The lowest BCUT2D eigenvalue weighted by molar-refractivity contribution is -0.146. The zero-order valence-corrected chi connectivity index (χ0v) is 13.8. The standard InChI is InChI=1S/C17H32O4/c1-3-5-6-7-8-9-13-17(19)21-15-11-10-14-20-16(18)12-4-2/h3-15H2,1-2H3. The molecule has 0 aliphatic rings. The topological polar surface area (TPSA) is 52.6 Å². The molecule has 0 aromatic heterocycles. The molecule has 0 aliphatic heterocycles. The number of esters is 2. The van der Waals surface area contributed by atoms with Gasteiger partial charge in [0.15, 0.2) is 0 Å². The summed E-state index contributed by atoms with van der Waals surface area (Å²) in [4.78, 5) is 22.5. The summed E-state index contributed by atoms with van der Waals surface area (Å²) in [7, 11) is 0. The second kappa shape index (κ2) is 15.3. The lowest BCUT2D eigenvalue weighted by Crippen LogP contribution is -2.08. The predicted molar refractivity (Wildman–Crippen MR) is 84.1 cm³/mol. The maximum atomic E-state index is 11.5. The normalized spacial score (nSPS) is 10.4. The highest BCUT2D eigenvalue weighted by molar-refractivity contribution is 5.69. The van der Waals surface area contributed by atoms with Crippen LogP contribution in [0.15, 0.2) is 0 Å². The molecule has 124 valence electrons. The molecule has 0 radical (unpaired) electrons. The monoisotopic (exact) mass is 300 g/mol. The minimum Gasteiger partial charge on any atom is -0.466 e. The van der Waals surface area contributed by atoms with Crippen LogP contribution in [0.3, 0.4) is 0 Å².